The fourth-order valence-corrected chi connectivity index (χ4v) is 3.22. The minimum absolute atomic E-state index is 0.310. The summed E-state index contributed by atoms with van der Waals surface area (Å²) in [5.41, 5.74) is 1.29. The maximum atomic E-state index is 5.46. The minimum Gasteiger partial charge on any atom is -0.497 e. The Morgan fingerprint density at radius 3 is 2.58 bits per heavy atom. The molecule has 1 aromatic carbocycles. The normalized spacial score (nSPS) is 17.0. The fourth-order valence-electron chi connectivity index (χ4n) is 3.22. The molecule has 0 bridgehead atoms. The number of rotatable bonds is 6. The molecule has 1 aromatic heterocycles. The quantitative estimate of drug-likeness (QED) is 0.654. The molecule has 0 amide bonds. The maximum Gasteiger partial charge on any atom is 0.168 e. The number of likely N-dealkylation sites (tertiary alicyclic amines) is 1. The number of nitrogens with zero attached hydrogens (tertiary/aromatic N) is 2. The van der Waals surface area contributed by atoms with Gasteiger partial charge in [-0.3, -0.25) is 9.89 Å². The van der Waals surface area contributed by atoms with Crippen molar-refractivity contribution in [1.29, 1.82) is 0 Å². The van der Waals surface area contributed by atoms with Crippen LogP contribution in [0.15, 0.2) is 52.1 Å². The highest BCUT2D eigenvalue weighted by molar-refractivity contribution is 5.96. The van der Waals surface area contributed by atoms with E-state index in [1.54, 1.807) is 20.4 Å². The van der Waals surface area contributed by atoms with E-state index in [0.29, 0.717) is 6.04 Å². The summed E-state index contributed by atoms with van der Waals surface area (Å²) < 4.78 is 10.7. The van der Waals surface area contributed by atoms with Crippen molar-refractivity contribution in [2.24, 2.45) is 4.99 Å². The Hall–Kier alpha value is -2.27. The Morgan fingerprint density at radius 2 is 2.00 bits per heavy atom. The highest BCUT2D eigenvalue weighted by atomic mass is 16.5. The molecule has 1 atom stereocenters. The lowest BCUT2D eigenvalue weighted by atomic mass is 10.1. The summed E-state index contributed by atoms with van der Waals surface area (Å²) in [7, 11) is 3.48. The van der Waals surface area contributed by atoms with Gasteiger partial charge in [-0.25, -0.2) is 0 Å². The number of nitrogens with one attached hydrogen (secondary N) is 1. The van der Waals surface area contributed by atoms with Crippen LogP contribution in [0.1, 0.15) is 30.2 Å². The first-order chi connectivity index (χ1) is 11.8. The van der Waals surface area contributed by atoms with Crippen LogP contribution in [0.2, 0.25) is 0 Å². The van der Waals surface area contributed by atoms with E-state index in [9.17, 15) is 0 Å². The standard InChI is InChI=1S/C19H25N3O2/c1-20-19(18-6-5-13-24-18)21-14-17(22-11-3-4-12-22)15-7-9-16(23-2)10-8-15/h5-10,13,17H,3-4,11-12,14H2,1-2H3,(H,20,21). The van der Waals surface area contributed by atoms with Gasteiger partial charge in [-0.2, -0.15) is 0 Å². The molecule has 5 heteroatoms. The van der Waals surface area contributed by atoms with Crippen molar-refractivity contribution in [1.82, 2.24) is 10.2 Å². The zero-order valence-corrected chi connectivity index (χ0v) is 14.4. The van der Waals surface area contributed by atoms with Gasteiger partial charge in [0, 0.05) is 13.6 Å². The van der Waals surface area contributed by atoms with Crippen molar-refractivity contribution in [2.45, 2.75) is 18.9 Å². The van der Waals surface area contributed by atoms with E-state index in [1.165, 1.54) is 18.4 Å². The number of hydrogen-bond donors (Lipinski definition) is 1. The molecule has 5 nitrogen and oxygen atoms in total. The summed E-state index contributed by atoms with van der Waals surface area (Å²) in [4.78, 5) is 6.86. The van der Waals surface area contributed by atoms with Crippen molar-refractivity contribution in [3.8, 4) is 5.75 Å². The monoisotopic (exact) mass is 327 g/mol. The molecule has 2 aromatic rings. The lowest BCUT2D eigenvalue weighted by molar-refractivity contribution is 0.245. The van der Waals surface area contributed by atoms with Crippen molar-refractivity contribution in [2.75, 3.05) is 33.8 Å². The van der Waals surface area contributed by atoms with Crippen molar-refractivity contribution < 1.29 is 9.15 Å². The van der Waals surface area contributed by atoms with Crippen molar-refractivity contribution in [3.63, 3.8) is 0 Å². The second-order valence-corrected chi connectivity index (χ2v) is 5.96. The number of hydrogen-bond acceptors (Lipinski definition) is 4. The molecular weight excluding hydrogens is 302 g/mol. The van der Waals surface area contributed by atoms with E-state index in [2.05, 4.69) is 27.3 Å². The van der Waals surface area contributed by atoms with Crippen molar-refractivity contribution in [3.05, 3.63) is 54.0 Å². The highest BCUT2D eigenvalue weighted by Gasteiger charge is 2.24. The van der Waals surface area contributed by atoms with Crippen LogP contribution in [0, 0.1) is 0 Å². The van der Waals surface area contributed by atoms with Crippen molar-refractivity contribution >= 4 is 5.84 Å². The van der Waals surface area contributed by atoms with E-state index in [-0.39, 0.29) is 0 Å². The van der Waals surface area contributed by atoms with Gasteiger partial charge < -0.3 is 14.5 Å². The molecule has 0 saturated carbocycles. The number of ether oxygens (including phenoxy) is 1. The molecule has 0 radical (unpaired) electrons. The number of benzene rings is 1. The van der Waals surface area contributed by atoms with Gasteiger partial charge >= 0.3 is 0 Å². The largest absolute Gasteiger partial charge is 0.497 e. The molecule has 1 unspecified atom stereocenters. The van der Waals surface area contributed by atoms with Crippen LogP contribution in [0.5, 0.6) is 5.75 Å². The lowest BCUT2D eigenvalue weighted by Crippen LogP contribution is -2.37. The number of furan rings is 1. The average Bonchev–Trinajstić information content (AvgIpc) is 3.33. The van der Waals surface area contributed by atoms with Gasteiger partial charge in [-0.1, -0.05) is 12.1 Å². The van der Waals surface area contributed by atoms with Crippen LogP contribution < -0.4 is 10.1 Å². The molecule has 1 aliphatic heterocycles. The third kappa shape index (κ3) is 3.79. The number of amidine groups is 1. The summed E-state index contributed by atoms with van der Waals surface area (Å²) in [6.45, 7) is 3.06. The number of aliphatic imine (C=N–C) groups is 1. The zero-order valence-electron chi connectivity index (χ0n) is 14.4. The molecule has 24 heavy (non-hydrogen) atoms. The van der Waals surface area contributed by atoms with Gasteiger partial charge in [0.15, 0.2) is 11.6 Å². The molecule has 3 rings (SSSR count). The van der Waals surface area contributed by atoms with Crippen LogP contribution in [-0.4, -0.2) is 44.5 Å². The third-order valence-corrected chi connectivity index (χ3v) is 4.52. The zero-order chi connectivity index (χ0) is 16.8. The summed E-state index contributed by atoms with van der Waals surface area (Å²) >= 11 is 0. The summed E-state index contributed by atoms with van der Waals surface area (Å²) in [6.07, 6.45) is 4.20. The predicted molar refractivity (Wildman–Crippen MR) is 95.7 cm³/mol. The molecule has 2 heterocycles. The van der Waals surface area contributed by atoms with Crippen LogP contribution in [0.3, 0.4) is 0 Å². The highest BCUT2D eigenvalue weighted by Crippen LogP contribution is 2.26. The topological polar surface area (TPSA) is 50.0 Å². The minimum atomic E-state index is 0.310. The second kappa shape index (κ2) is 8.02. The van der Waals surface area contributed by atoms with Crippen LogP contribution in [0.25, 0.3) is 0 Å². The second-order valence-electron chi connectivity index (χ2n) is 5.96. The first-order valence-electron chi connectivity index (χ1n) is 8.44. The molecular formula is C19H25N3O2. The van der Waals surface area contributed by atoms with E-state index >= 15 is 0 Å². The van der Waals surface area contributed by atoms with E-state index in [4.69, 9.17) is 9.15 Å². The van der Waals surface area contributed by atoms with E-state index < -0.39 is 0 Å². The Bertz CT molecular complexity index is 644. The van der Waals surface area contributed by atoms with Gasteiger partial charge in [-0.15, -0.1) is 0 Å². The van der Waals surface area contributed by atoms with Gasteiger partial charge in [0.2, 0.25) is 0 Å². The van der Waals surface area contributed by atoms with E-state index in [1.807, 2.05) is 24.3 Å². The molecule has 128 valence electrons. The SMILES string of the molecule is CN=C(NCC(c1ccc(OC)cc1)N1CCCC1)c1ccco1. The summed E-state index contributed by atoms with van der Waals surface area (Å²) in [5.74, 6) is 2.45. The van der Waals surface area contributed by atoms with Crippen LogP contribution in [-0.2, 0) is 0 Å². The first-order valence-corrected chi connectivity index (χ1v) is 8.44. The molecule has 0 spiro atoms. The number of methoxy groups -OCH3 is 1. The lowest BCUT2D eigenvalue weighted by Gasteiger charge is -2.28. The maximum absolute atomic E-state index is 5.46. The third-order valence-electron chi connectivity index (χ3n) is 4.52. The summed E-state index contributed by atoms with van der Waals surface area (Å²) in [6, 6.07) is 12.5. The van der Waals surface area contributed by atoms with Gasteiger partial charge in [-0.05, 0) is 55.8 Å². The molecule has 1 fully saturated rings. The van der Waals surface area contributed by atoms with Crippen LogP contribution >= 0.6 is 0 Å². The van der Waals surface area contributed by atoms with Gasteiger partial charge in [0.05, 0.1) is 19.4 Å². The summed E-state index contributed by atoms with van der Waals surface area (Å²) in [5, 5.41) is 3.46. The fraction of sp³-hybridized carbons (Fsp3) is 0.421. The first kappa shape index (κ1) is 16.6. The van der Waals surface area contributed by atoms with Gasteiger partial charge in [0.25, 0.3) is 0 Å². The molecule has 0 aliphatic carbocycles. The molecule has 1 aliphatic rings. The van der Waals surface area contributed by atoms with Gasteiger partial charge in [0.1, 0.15) is 5.75 Å². The Morgan fingerprint density at radius 1 is 1.25 bits per heavy atom. The Balaban J connectivity index is 1.74. The van der Waals surface area contributed by atoms with E-state index in [0.717, 1.165) is 37.0 Å². The average molecular weight is 327 g/mol. The predicted octanol–water partition coefficient (Wildman–Crippen LogP) is 3.09. The molecule has 1 N–H and O–H groups in total. The Kier molecular flexibility index (Phi) is 5.54. The Labute approximate surface area is 143 Å². The van der Waals surface area contributed by atoms with Crippen LogP contribution in [0.4, 0.5) is 0 Å². The molecule has 1 saturated heterocycles. The smallest absolute Gasteiger partial charge is 0.168 e.